The van der Waals surface area contributed by atoms with Gasteiger partial charge in [-0.05, 0) is 44.6 Å². The Morgan fingerprint density at radius 2 is 2.03 bits per heavy atom. The van der Waals surface area contributed by atoms with Crippen molar-refractivity contribution in [2.24, 2.45) is 0 Å². The number of nitrogens with one attached hydrogen (secondary N) is 2. The molecule has 3 aromatic heterocycles. The number of carbonyl (C=O) groups excluding carboxylic acids is 1. The Balaban J connectivity index is 1.10. The molecule has 6 heterocycles. The Bertz CT molecular complexity index is 1310. The van der Waals surface area contributed by atoms with Gasteiger partial charge in [0.05, 0.1) is 49.3 Å². The minimum atomic E-state index is -0.353. The number of fused-ring (bicyclic) bond motifs is 5. The lowest BCUT2D eigenvalue weighted by atomic mass is 9.69. The molecule has 2 saturated heterocycles. The van der Waals surface area contributed by atoms with E-state index in [4.69, 9.17) is 14.2 Å². The number of ether oxygens (including phenoxy) is 3. The monoisotopic (exact) mass is 494 g/mol. The number of halogens is 1. The summed E-state index contributed by atoms with van der Waals surface area (Å²) < 4.78 is 31.7. The van der Waals surface area contributed by atoms with Crippen molar-refractivity contribution in [3.63, 3.8) is 0 Å². The van der Waals surface area contributed by atoms with Gasteiger partial charge in [-0.2, -0.15) is 0 Å². The molecule has 0 atom stereocenters. The van der Waals surface area contributed by atoms with Crippen LogP contribution in [0.15, 0.2) is 24.5 Å². The summed E-state index contributed by atoms with van der Waals surface area (Å²) >= 11 is 0. The summed E-state index contributed by atoms with van der Waals surface area (Å²) in [4.78, 5) is 29.0. The normalized spacial score (nSPS) is 24.8. The first-order chi connectivity index (χ1) is 17.5. The first-order valence-electron chi connectivity index (χ1n) is 12.1. The van der Waals surface area contributed by atoms with Gasteiger partial charge in [0.15, 0.2) is 18.2 Å². The zero-order chi connectivity index (χ0) is 24.8. The Morgan fingerprint density at radius 3 is 2.81 bits per heavy atom. The summed E-state index contributed by atoms with van der Waals surface area (Å²) in [5.74, 6) is 1.33. The summed E-state index contributed by atoms with van der Waals surface area (Å²) in [5.41, 5.74) is 1.33. The maximum absolute atomic E-state index is 14.8. The van der Waals surface area contributed by atoms with E-state index in [1.54, 1.807) is 25.4 Å². The average molecular weight is 495 g/mol. The highest BCUT2D eigenvalue weighted by Gasteiger charge is 2.49. The van der Waals surface area contributed by atoms with E-state index >= 15 is 0 Å². The van der Waals surface area contributed by atoms with Gasteiger partial charge < -0.3 is 24.8 Å². The molecular formula is C25H27FN6O4. The summed E-state index contributed by atoms with van der Waals surface area (Å²) in [5, 5.41) is 6.31. The third-order valence-corrected chi connectivity index (χ3v) is 7.60. The van der Waals surface area contributed by atoms with E-state index in [9.17, 15) is 9.18 Å². The average Bonchev–Trinajstić information content (AvgIpc) is 2.92. The minimum Gasteiger partial charge on any atom is -0.481 e. The molecule has 2 bridgehead atoms. The lowest BCUT2D eigenvalue weighted by molar-refractivity contribution is -0.165. The van der Waals surface area contributed by atoms with Gasteiger partial charge in [0.1, 0.15) is 11.6 Å². The Kier molecular flexibility index (Phi) is 5.68. The predicted molar refractivity (Wildman–Crippen MR) is 127 cm³/mol. The smallest absolute Gasteiger partial charge is 0.263 e. The summed E-state index contributed by atoms with van der Waals surface area (Å²) in [7, 11) is 1.54. The Hall–Kier alpha value is -3.44. The van der Waals surface area contributed by atoms with E-state index in [0.717, 1.165) is 25.7 Å². The molecule has 3 fully saturated rings. The van der Waals surface area contributed by atoms with Crippen LogP contribution in [0, 0.1) is 5.82 Å². The molecule has 0 spiro atoms. The summed E-state index contributed by atoms with van der Waals surface area (Å²) in [6.45, 7) is 1.01. The molecule has 188 valence electrons. The zero-order valence-electron chi connectivity index (χ0n) is 20.0. The van der Waals surface area contributed by atoms with Crippen LogP contribution in [0.5, 0.6) is 11.6 Å². The number of carbonyl (C=O) groups is 1. The molecule has 0 radical (unpaired) electrons. The quantitative estimate of drug-likeness (QED) is 0.511. The third kappa shape index (κ3) is 4.22. The topological polar surface area (TPSA) is 120 Å². The fourth-order valence-electron chi connectivity index (χ4n) is 5.36. The molecule has 3 aromatic rings. The fraction of sp³-hybridized carbons (Fsp3) is 0.480. The van der Waals surface area contributed by atoms with Crippen LogP contribution < -0.4 is 20.1 Å². The highest BCUT2D eigenvalue weighted by atomic mass is 19.1. The number of nitrogens with zero attached hydrogens (tertiary/aromatic N) is 4. The van der Waals surface area contributed by atoms with Crippen molar-refractivity contribution in [3.05, 3.63) is 41.7 Å². The largest absolute Gasteiger partial charge is 0.481 e. The Morgan fingerprint density at radius 1 is 1.17 bits per heavy atom. The van der Waals surface area contributed by atoms with Crippen LogP contribution in [0.25, 0.3) is 11.0 Å². The molecule has 1 aliphatic carbocycles. The van der Waals surface area contributed by atoms with Crippen LogP contribution in [0.4, 0.5) is 10.2 Å². The lowest BCUT2D eigenvalue weighted by Crippen LogP contribution is -2.61. The number of pyridine rings is 2. The van der Waals surface area contributed by atoms with E-state index in [1.807, 2.05) is 0 Å². The molecular weight excluding hydrogens is 467 g/mol. The molecule has 7 rings (SSSR count). The molecule has 2 N–H and O–H groups in total. The van der Waals surface area contributed by atoms with Gasteiger partial charge in [-0.25, -0.2) is 19.3 Å². The molecule has 10 nitrogen and oxygen atoms in total. The van der Waals surface area contributed by atoms with Crippen LogP contribution in [0.3, 0.4) is 0 Å². The van der Waals surface area contributed by atoms with E-state index in [1.165, 1.54) is 6.20 Å². The lowest BCUT2D eigenvalue weighted by Gasteiger charge is -2.53. The van der Waals surface area contributed by atoms with Crippen molar-refractivity contribution in [1.29, 1.82) is 0 Å². The van der Waals surface area contributed by atoms with Gasteiger partial charge in [-0.1, -0.05) is 0 Å². The molecule has 1 saturated carbocycles. The van der Waals surface area contributed by atoms with Gasteiger partial charge in [-0.3, -0.25) is 9.78 Å². The molecule has 0 aromatic carbocycles. The second-order valence-electron chi connectivity index (χ2n) is 9.75. The summed E-state index contributed by atoms with van der Waals surface area (Å²) in [6.07, 6.45) is 7.75. The molecule has 11 heteroatoms. The van der Waals surface area contributed by atoms with E-state index in [2.05, 4.69) is 30.6 Å². The number of rotatable bonds is 7. The SMILES string of the molecule is COc1ccc2ncc(F)c(CCC34CCC(NCc5ncc6c(n5)NC(=O)CO6)(CC3)CO4)c2n1. The van der Waals surface area contributed by atoms with Crippen molar-refractivity contribution in [3.8, 4) is 11.6 Å². The fourth-order valence-corrected chi connectivity index (χ4v) is 5.36. The van der Waals surface area contributed by atoms with Gasteiger partial charge in [-0.15, -0.1) is 0 Å². The number of aromatic nitrogens is 4. The maximum Gasteiger partial charge on any atom is 0.263 e. The second kappa shape index (κ2) is 8.90. The van der Waals surface area contributed by atoms with Crippen molar-refractivity contribution in [2.45, 2.75) is 56.2 Å². The van der Waals surface area contributed by atoms with E-state index in [0.29, 0.717) is 65.9 Å². The van der Waals surface area contributed by atoms with Crippen LogP contribution in [-0.4, -0.2) is 57.3 Å². The van der Waals surface area contributed by atoms with Crippen molar-refractivity contribution >= 4 is 22.8 Å². The first-order valence-corrected chi connectivity index (χ1v) is 12.1. The van der Waals surface area contributed by atoms with Gasteiger partial charge in [0.2, 0.25) is 5.88 Å². The van der Waals surface area contributed by atoms with Crippen LogP contribution >= 0.6 is 0 Å². The maximum atomic E-state index is 14.8. The number of hydrogen-bond donors (Lipinski definition) is 2. The number of anilines is 1. The van der Waals surface area contributed by atoms with Crippen molar-refractivity contribution < 1.29 is 23.4 Å². The molecule has 36 heavy (non-hydrogen) atoms. The Labute approximate surface area is 207 Å². The number of amides is 1. The van der Waals surface area contributed by atoms with Crippen LogP contribution in [0.1, 0.15) is 43.5 Å². The van der Waals surface area contributed by atoms with Crippen LogP contribution in [-0.2, 0) is 22.5 Å². The third-order valence-electron chi connectivity index (χ3n) is 7.60. The highest BCUT2D eigenvalue weighted by molar-refractivity contribution is 5.94. The predicted octanol–water partition coefficient (Wildman–Crippen LogP) is 2.70. The number of aryl methyl sites for hydroxylation is 1. The van der Waals surface area contributed by atoms with Gasteiger partial charge in [0, 0.05) is 17.2 Å². The number of hydrogen-bond acceptors (Lipinski definition) is 9. The molecule has 0 unspecified atom stereocenters. The molecule has 1 amide bonds. The number of methoxy groups -OCH3 is 1. The molecule has 4 aliphatic rings. The summed E-state index contributed by atoms with van der Waals surface area (Å²) in [6, 6.07) is 3.53. The van der Waals surface area contributed by atoms with Gasteiger partial charge in [0.25, 0.3) is 5.91 Å². The van der Waals surface area contributed by atoms with E-state index in [-0.39, 0.29) is 29.5 Å². The second-order valence-corrected chi connectivity index (χ2v) is 9.75. The highest BCUT2D eigenvalue weighted by Crippen LogP contribution is 2.46. The van der Waals surface area contributed by atoms with Gasteiger partial charge >= 0.3 is 0 Å². The van der Waals surface area contributed by atoms with Crippen molar-refractivity contribution in [1.82, 2.24) is 25.3 Å². The van der Waals surface area contributed by atoms with E-state index < -0.39 is 0 Å². The van der Waals surface area contributed by atoms with Crippen molar-refractivity contribution in [2.75, 3.05) is 25.6 Å². The first kappa shape index (κ1) is 23.0. The minimum absolute atomic E-state index is 0.0229. The zero-order valence-corrected chi connectivity index (χ0v) is 20.0. The standard InChI is InChI=1S/C25H27FN6O4/c1-34-21-3-2-17-22(32-21)15(16(26)10-27-17)4-5-25-8-6-24(7-9-25,14-36-25)29-12-19-28-11-18-23(30-19)31-20(33)13-35-18/h2-3,10-11,29H,4-9,12-14H2,1H3,(H,28,30,31,33). The van der Waals surface area contributed by atoms with Crippen LogP contribution in [0.2, 0.25) is 0 Å². The molecule has 3 aliphatic heterocycles.